The molecule has 0 bridgehead atoms. The molecule has 0 radical (unpaired) electrons. The van der Waals surface area contributed by atoms with E-state index in [1.54, 1.807) is 0 Å². The molecule has 1 aromatic carbocycles. The molecule has 13 heavy (non-hydrogen) atoms. The number of hydrogen-bond acceptors (Lipinski definition) is 2. The van der Waals surface area contributed by atoms with Crippen LogP contribution in [0.15, 0.2) is 12.1 Å². The Hall–Kier alpha value is -1.07. The van der Waals surface area contributed by atoms with Gasteiger partial charge in [0.1, 0.15) is 6.10 Å². The first-order valence-corrected chi connectivity index (χ1v) is 3.56. The minimum Gasteiger partial charge on any atom is -0.297 e. The van der Waals surface area contributed by atoms with Gasteiger partial charge in [0.2, 0.25) is 0 Å². The van der Waals surface area contributed by atoms with E-state index in [0.29, 0.717) is 0 Å². The molecule has 0 saturated carbocycles. The first kappa shape index (κ1) is 10.0. The minimum absolute atomic E-state index is 0.152. The third-order valence-electron chi connectivity index (χ3n) is 1.68. The maximum absolute atomic E-state index is 12.6. The van der Waals surface area contributed by atoms with E-state index < -0.39 is 23.6 Å². The van der Waals surface area contributed by atoms with Crippen molar-refractivity contribution in [2.24, 2.45) is 5.90 Å². The second-order valence-electron chi connectivity index (χ2n) is 2.58. The predicted octanol–water partition coefficient (Wildman–Crippen LogP) is 2.06. The molecule has 1 unspecified atom stereocenters. The van der Waals surface area contributed by atoms with Crippen molar-refractivity contribution in [2.75, 3.05) is 0 Å². The van der Waals surface area contributed by atoms with E-state index in [9.17, 15) is 13.2 Å². The normalized spacial score (nSPS) is 13.0. The molecule has 0 spiro atoms. The molecule has 2 nitrogen and oxygen atoms in total. The summed E-state index contributed by atoms with van der Waals surface area (Å²) in [4.78, 5) is 4.33. The number of halogens is 3. The maximum Gasteiger partial charge on any atom is 0.194 e. The van der Waals surface area contributed by atoms with E-state index in [1.807, 2.05) is 0 Å². The minimum atomic E-state index is -1.49. The molecule has 0 aromatic heterocycles. The molecule has 0 aliphatic rings. The fraction of sp³-hybridized carbons (Fsp3) is 0.250. The summed E-state index contributed by atoms with van der Waals surface area (Å²) >= 11 is 0. The average molecular weight is 191 g/mol. The number of nitrogens with two attached hydrogens (primary N) is 1. The summed E-state index contributed by atoms with van der Waals surface area (Å²) in [5.41, 5.74) is 0.152. The molecule has 1 aromatic rings. The summed E-state index contributed by atoms with van der Waals surface area (Å²) in [6.07, 6.45) is -0.676. The van der Waals surface area contributed by atoms with Gasteiger partial charge >= 0.3 is 0 Å². The van der Waals surface area contributed by atoms with Gasteiger partial charge in [-0.15, -0.1) is 0 Å². The van der Waals surface area contributed by atoms with E-state index in [0.717, 1.165) is 12.1 Å². The third kappa shape index (κ3) is 1.99. The number of hydrogen-bond donors (Lipinski definition) is 1. The van der Waals surface area contributed by atoms with Crippen molar-refractivity contribution in [2.45, 2.75) is 13.0 Å². The Kier molecular flexibility index (Phi) is 2.90. The smallest absolute Gasteiger partial charge is 0.194 e. The van der Waals surface area contributed by atoms with Crippen LogP contribution < -0.4 is 5.90 Å². The Bertz CT molecular complexity index is 293. The molecule has 1 atom stereocenters. The lowest BCUT2D eigenvalue weighted by atomic mass is 10.1. The molecule has 2 N–H and O–H groups in total. The topological polar surface area (TPSA) is 35.2 Å². The standard InChI is InChI=1S/C8H8F3NO/c1-4(13-12)5-2-6(9)8(11)7(10)3-5/h2-4H,12H2,1H3. The summed E-state index contributed by atoms with van der Waals surface area (Å²) < 4.78 is 37.7. The fourth-order valence-corrected chi connectivity index (χ4v) is 0.888. The van der Waals surface area contributed by atoms with Gasteiger partial charge in [-0.25, -0.2) is 19.1 Å². The van der Waals surface area contributed by atoms with E-state index in [4.69, 9.17) is 5.90 Å². The van der Waals surface area contributed by atoms with E-state index in [-0.39, 0.29) is 5.56 Å². The van der Waals surface area contributed by atoms with Gasteiger partial charge in [0.15, 0.2) is 17.5 Å². The van der Waals surface area contributed by atoms with Gasteiger partial charge in [-0.05, 0) is 24.6 Å². The van der Waals surface area contributed by atoms with Gasteiger partial charge in [-0.1, -0.05) is 0 Å². The highest BCUT2D eigenvalue weighted by molar-refractivity contribution is 5.21. The molecule has 0 aliphatic carbocycles. The van der Waals surface area contributed by atoms with Gasteiger partial charge in [0.25, 0.3) is 0 Å². The quantitative estimate of drug-likeness (QED) is 0.573. The Labute approximate surface area is 73.1 Å². The van der Waals surface area contributed by atoms with Crippen molar-refractivity contribution < 1.29 is 18.0 Å². The van der Waals surface area contributed by atoms with Gasteiger partial charge in [0, 0.05) is 0 Å². The molecule has 5 heteroatoms. The molecule has 0 heterocycles. The highest BCUT2D eigenvalue weighted by Crippen LogP contribution is 2.20. The molecule has 0 fully saturated rings. The predicted molar refractivity (Wildman–Crippen MR) is 40.0 cm³/mol. The van der Waals surface area contributed by atoms with Crippen LogP contribution in [0.5, 0.6) is 0 Å². The van der Waals surface area contributed by atoms with Crippen LogP contribution in [-0.4, -0.2) is 0 Å². The van der Waals surface area contributed by atoms with Crippen molar-refractivity contribution in [1.29, 1.82) is 0 Å². The monoisotopic (exact) mass is 191 g/mol. The highest BCUT2D eigenvalue weighted by Gasteiger charge is 2.13. The first-order valence-electron chi connectivity index (χ1n) is 3.56. The lowest BCUT2D eigenvalue weighted by Crippen LogP contribution is -2.07. The lowest BCUT2D eigenvalue weighted by Gasteiger charge is -2.09. The summed E-state index contributed by atoms with van der Waals surface area (Å²) in [5, 5.41) is 0. The average Bonchev–Trinajstić information content (AvgIpc) is 2.12. The Morgan fingerprint density at radius 1 is 1.23 bits per heavy atom. The molecule has 0 amide bonds. The van der Waals surface area contributed by atoms with Crippen LogP contribution in [0.4, 0.5) is 13.2 Å². The summed E-state index contributed by atoms with van der Waals surface area (Å²) in [5.74, 6) is 0.809. The second kappa shape index (κ2) is 3.76. The molecule has 1 rings (SSSR count). The van der Waals surface area contributed by atoms with Gasteiger partial charge in [0.05, 0.1) is 0 Å². The summed E-state index contributed by atoms with van der Waals surface area (Å²) in [6.45, 7) is 1.49. The third-order valence-corrected chi connectivity index (χ3v) is 1.68. The van der Waals surface area contributed by atoms with Crippen LogP contribution in [-0.2, 0) is 4.84 Å². The van der Waals surface area contributed by atoms with Gasteiger partial charge in [-0.3, -0.25) is 4.84 Å². The van der Waals surface area contributed by atoms with Crippen molar-refractivity contribution in [1.82, 2.24) is 0 Å². The van der Waals surface area contributed by atoms with Crippen LogP contribution in [0, 0.1) is 17.5 Å². The second-order valence-corrected chi connectivity index (χ2v) is 2.58. The SMILES string of the molecule is CC(ON)c1cc(F)c(F)c(F)c1. The zero-order valence-electron chi connectivity index (χ0n) is 6.85. The molecule has 0 saturated heterocycles. The molecular weight excluding hydrogens is 183 g/mol. The van der Waals surface area contributed by atoms with Crippen molar-refractivity contribution in [3.63, 3.8) is 0 Å². The Morgan fingerprint density at radius 2 is 1.69 bits per heavy atom. The fourth-order valence-electron chi connectivity index (χ4n) is 0.888. The van der Waals surface area contributed by atoms with Crippen LogP contribution >= 0.6 is 0 Å². The highest BCUT2D eigenvalue weighted by atomic mass is 19.2. The van der Waals surface area contributed by atoms with Gasteiger partial charge in [-0.2, -0.15) is 0 Å². The van der Waals surface area contributed by atoms with Crippen molar-refractivity contribution in [3.05, 3.63) is 35.1 Å². The van der Waals surface area contributed by atoms with E-state index >= 15 is 0 Å². The zero-order chi connectivity index (χ0) is 10.0. The van der Waals surface area contributed by atoms with Crippen LogP contribution in [0.2, 0.25) is 0 Å². The van der Waals surface area contributed by atoms with E-state index in [1.165, 1.54) is 6.92 Å². The molecule has 72 valence electrons. The van der Waals surface area contributed by atoms with Crippen molar-refractivity contribution >= 4 is 0 Å². The lowest BCUT2D eigenvalue weighted by molar-refractivity contribution is 0.0658. The zero-order valence-corrected chi connectivity index (χ0v) is 6.85. The van der Waals surface area contributed by atoms with Gasteiger partial charge < -0.3 is 0 Å². The Balaban J connectivity index is 3.13. The number of rotatable bonds is 2. The summed E-state index contributed by atoms with van der Waals surface area (Å²) in [7, 11) is 0. The van der Waals surface area contributed by atoms with Crippen molar-refractivity contribution in [3.8, 4) is 0 Å². The largest absolute Gasteiger partial charge is 0.297 e. The van der Waals surface area contributed by atoms with Crippen LogP contribution in [0.25, 0.3) is 0 Å². The van der Waals surface area contributed by atoms with Crippen LogP contribution in [0.3, 0.4) is 0 Å². The summed E-state index contributed by atoms with van der Waals surface area (Å²) in [6, 6.07) is 1.69. The Morgan fingerprint density at radius 3 is 2.08 bits per heavy atom. The number of benzene rings is 1. The molecule has 0 aliphatic heterocycles. The maximum atomic E-state index is 12.6. The van der Waals surface area contributed by atoms with Crippen LogP contribution in [0.1, 0.15) is 18.6 Å². The van der Waals surface area contributed by atoms with E-state index in [2.05, 4.69) is 4.84 Å². The first-order chi connectivity index (χ1) is 6.06. The molecular formula is C8H8F3NO.